The van der Waals surface area contributed by atoms with E-state index in [0.717, 1.165) is 11.3 Å². The number of phenolic OH excluding ortho intramolecular Hbond substituents is 2. The normalized spacial score (nSPS) is 16.4. The van der Waals surface area contributed by atoms with Crippen LogP contribution in [0, 0.1) is 6.92 Å². The van der Waals surface area contributed by atoms with Crippen molar-refractivity contribution in [3.8, 4) is 11.5 Å². The van der Waals surface area contributed by atoms with Gasteiger partial charge in [-0.25, -0.2) is 0 Å². The van der Waals surface area contributed by atoms with Crippen LogP contribution >= 0.6 is 24.0 Å². The largest absolute Gasteiger partial charge is 0.504 e. The first-order chi connectivity index (χ1) is 11.0. The van der Waals surface area contributed by atoms with Gasteiger partial charge >= 0.3 is 0 Å². The van der Waals surface area contributed by atoms with Crippen LogP contribution in [-0.2, 0) is 4.79 Å². The van der Waals surface area contributed by atoms with Gasteiger partial charge in [-0.1, -0.05) is 42.2 Å². The molecule has 0 aromatic heterocycles. The highest BCUT2D eigenvalue weighted by Crippen LogP contribution is 2.37. The lowest BCUT2D eigenvalue weighted by molar-refractivity contribution is -0.113. The van der Waals surface area contributed by atoms with Crippen LogP contribution in [0.4, 0.5) is 5.69 Å². The molecule has 116 valence electrons. The molecule has 0 spiro atoms. The molecule has 2 aromatic rings. The van der Waals surface area contributed by atoms with E-state index in [1.807, 2.05) is 31.2 Å². The molecule has 1 heterocycles. The molecule has 6 heteroatoms. The zero-order valence-electron chi connectivity index (χ0n) is 12.2. The van der Waals surface area contributed by atoms with Crippen molar-refractivity contribution in [3.63, 3.8) is 0 Å². The number of nitrogens with zero attached hydrogens (tertiary/aromatic N) is 1. The Kier molecular flexibility index (Phi) is 4.11. The van der Waals surface area contributed by atoms with Crippen LogP contribution in [0.25, 0.3) is 6.08 Å². The highest BCUT2D eigenvalue weighted by atomic mass is 32.2. The SMILES string of the molecule is Cc1cccc(N2C(=O)/C(=C/c3ccc(O)c(O)c3)SC2=S)c1. The maximum atomic E-state index is 12.6. The first-order valence-electron chi connectivity index (χ1n) is 6.82. The molecule has 1 fully saturated rings. The molecule has 1 aliphatic heterocycles. The second-order valence-electron chi connectivity index (χ2n) is 5.10. The molecule has 2 aromatic carbocycles. The second kappa shape index (κ2) is 6.06. The Balaban J connectivity index is 1.94. The van der Waals surface area contributed by atoms with Gasteiger partial charge < -0.3 is 10.2 Å². The van der Waals surface area contributed by atoms with Gasteiger partial charge in [0.25, 0.3) is 5.91 Å². The molecule has 1 aliphatic rings. The lowest BCUT2D eigenvalue weighted by atomic mass is 10.1. The van der Waals surface area contributed by atoms with Gasteiger partial charge in [0.15, 0.2) is 15.8 Å². The van der Waals surface area contributed by atoms with Crippen LogP contribution in [0.5, 0.6) is 11.5 Å². The molecule has 0 saturated carbocycles. The fourth-order valence-corrected chi connectivity index (χ4v) is 3.54. The summed E-state index contributed by atoms with van der Waals surface area (Å²) in [5.74, 6) is -0.625. The number of aryl methyl sites for hydroxylation is 1. The minimum Gasteiger partial charge on any atom is -0.504 e. The summed E-state index contributed by atoms with van der Waals surface area (Å²) in [4.78, 5) is 14.6. The maximum Gasteiger partial charge on any atom is 0.270 e. The van der Waals surface area contributed by atoms with E-state index in [2.05, 4.69) is 0 Å². The topological polar surface area (TPSA) is 60.8 Å². The molecular formula is C17H13NO3S2. The smallest absolute Gasteiger partial charge is 0.270 e. The molecule has 3 rings (SSSR count). The quantitative estimate of drug-likeness (QED) is 0.493. The number of thiocarbonyl (C=S) groups is 1. The molecule has 0 atom stereocenters. The molecule has 4 nitrogen and oxygen atoms in total. The van der Waals surface area contributed by atoms with Crippen molar-refractivity contribution in [2.75, 3.05) is 4.90 Å². The minimum atomic E-state index is -0.229. The number of hydrogen-bond donors (Lipinski definition) is 2. The number of thioether (sulfide) groups is 1. The summed E-state index contributed by atoms with van der Waals surface area (Å²) in [6.07, 6.45) is 1.65. The zero-order valence-corrected chi connectivity index (χ0v) is 13.8. The third kappa shape index (κ3) is 3.09. The van der Waals surface area contributed by atoms with Crippen molar-refractivity contribution in [2.24, 2.45) is 0 Å². The van der Waals surface area contributed by atoms with Crippen molar-refractivity contribution in [2.45, 2.75) is 6.92 Å². The Morgan fingerprint density at radius 3 is 2.61 bits per heavy atom. The molecule has 0 radical (unpaired) electrons. The Morgan fingerprint density at radius 2 is 1.91 bits per heavy atom. The van der Waals surface area contributed by atoms with Crippen LogP contribution < -0.4 is 4.90 Å². The average Bonchev–Trinajstić information content (AvgIpc) is 2.77. The van der Waals surface area contributed by atoms with Crippen molar-refractivity contribution < 1.29 is 15.0 Å². The van der Waals surface area contributed by atoms with E-state index < -0.39 is 0 Å². The number of aromatic hydroxyl groups is 2. The summed E-state index contributed by atoms with van der Waals surface area (Å²) in [6, 6.07) is 12.0. The summed E-state index contributed by atoms with van der Waals surface area (Å²) in [5.41, 5.74) is 2.40. The predicted molar refractivity (Wildman–Crippen MR) is 96.6 cm³/mol. The van der Waals surface area contributed by atoms with Crippen LogP contribution in [0.15, 0.2) is 47.4 Å². The minimum absolute atomic E-state index is 0.196. The first kappa shape index (κ1) is 15.6. The maximum absolute atomic E-state index is 12.6. The number of rotatable bonds is 2. The van der Waals surface area contributed by atoms with Gasteiger partial charge in [-0.15, -0.1) is 0 Å². The molecule has 23 heavy (non-hydrogen) atoms. The number of benzene rings is 2. The lowest BCUT2D eigenvalue weighted by Crippen LogP contribution is -2.27. The molecule has 2 N–H and O–H groups in total. The van der Waals surface area contributed by atoms with Gasteiger partial charge in [0.05, 0.1) is 10.6 Å². The third-order valence-corrected chi connectivity index (χ3v) is 4.65. The number of phenols is 2. The van der Waals surface area contributed by atoms with E-state index in [9.17, 15) is 15.0 Å². The second-order valence-corrected chi connectivity index (χ2v) is 6.78. The molecule has 0 bridgehead atoms. The molecular weight excluding hydrogens is 330 g/mol. The van der Waals surface area contributed by atoms with Gasteiger partial charge in [-0.05, 0) is 48.4 Å². The van der Waals surface area contributed by atoms with E-state index in [-0.39, 0.29) is 17.4 Å². The van der Waals surface area contributed by atoms with Gasteiger partial charge in [0.1, 0.15) is 0 Å². The van der Waals surface area contributed by atoms with Crippen LogP contribution in [0.2, 0.25) is 0 Å². The summed E-state index contributed by atoms with van der Waals surface area (Å²) in [6.45, 7) is 1.95. The first-order valence-corrected chi connectivity index (χ1v) is 8.05. The highest BCUT2D eigenvalue weighted by molar-refractivity contribution is 8.27. The van der Waals surface area contributed by atoms with Crippen LogP contribution in [0.1, 0.15) is 11.1 Å². The van der Waals surface area contributed by atoms with Gasteiger partial charge in [-0.3, -0.25) is 9.69 Å². The number of amides is 1. The van der Waals surface area contributed by atoms with E-state index in [1.165, 1.54) is 28.8 Å². The fourth-order valence-electron chi connectivity index (χ4n) is 2.24. The zero-order chi connectivity index (χ0) is 16.6. The fraction of sp³-hybridized carbons (Fsp3) is 0.0588. The molecule has 1 saturated heterocycles. The average molecular weight is 343 g/mol. The van der Waals surface area contributed by atoms with E-state index in [1.54, 1.807) is 12.1 Å². The Hall–Kier alpha value is -2.31. The van der Waals surface area contributed by atoms with Crippen molar-refractivity contribution in [1.82, 2.24) is 0 Å². The summed E-state index contributed by atoms with van der Waals surface area (Å²) >= 11 is 6.53. The number of carbonyl (C=O) groups is 1. The number of carbonyl (C=O) groups excluding carboxylic acids is 1. The van der Waals surface area contributed by atoms with Crippen molar-refractivity contribution in [3.05, 3.63) is 58.5 Å². The van der Waals surface area contributed by atoms with Crippen molar-refractivity contribution in [1.29, 1.82) is 0 Å². The monoisotopic (exact) mass is 343 g/mol. The standard InChI is InChI=1S/C17H13NO3S2/c1-10-3-2-4-12(7-10)18-16(21)15(23-17(18)22)9-11-5-6-13(19)14(20)8-11/h2-9,19-20H,1H3/b15-9-. The Bertz CT molecular complexity index is 845. The van der Waals surface area contributed by atoms with E-state index >= 15 is 0 Å². The summed E-state index contributed by atoms with van der Waals surface area (Å²) in [7, 11) is 0. The van der Waals surface area contributed by atoms with Crippen LogP contribution in [-0.4, -0.2) is 20.4 Å². The predicted octanol–water partition coefficient (Wildman–Crippen LogP) is 3.81. The molecule has 0 unspecified atom stereocenters. The molecule has 1 amide bonds. The Labute approximate surface area is 143 Å². The van der Waals surface area contributed by atoms with Crippen LogP contribution in [0.3, 0.4) is 0 Å². The Morgan fingerprint density at radius 1 is 1.13 bits per heavy atom. The van der Waals surface area contributed by atoms with Gasteiger partial charge in [0, 0.05) is 0 Å². The highest BCUT2D eigenvalue weighted by Gasteiger charge is 2.33. The van der Waals surface area contributed by atoms with Crippen molar-refractivity contribution >= 4 is 46.0 Å². The summed E-state index contributed by atoms with van der Waals surface area (Å²) in [5, 5.41) is 18.9. The lowest BCUT2D eigenvalue weighted by Gasteiger charge is -2.14. The summed E-state index contributed by atoms with van der Waals surface area (Å²) < 4.78 is 0.467. The van der Waals surface area contributed by atoms with E-state index in [4.69, 9.17) is 12.2 Å². The van der Waals surface area contributed by atoms with Gasteiger partial charge in [-0.2, -0.15) is 0 Å². The van der Waals surface area contributed by atoms with Gasteiger partial charge in [0.2, 0.25) is 0 Å². The van der Waals surface area contributed by atoms with E-state index in [0.29, 0.717) is 14.8 Å². The number of anilines is 1. The number of hydrogen-bond acceptors (Lipinski definition) is 5. The molecule has 0 aliphatic carbocycles. The third-order valence-electron chi connectivity index (χ3n) is 3.35.